The Labute approximate surface area is 143 Å². The Morgan fingerprint density at radius 2 is 2.04 bits per heavy atom. The molecular formula is C16H19N5O4. The van der Waals surface area contributed by atoms with Crippen molar-refractivity contribution in [3.63, 3.8) is 0 Å². The van der Waals surface area contributed by atoms with E-state index in [0.717, 1.165) is 17.2 Å². The van der Waals surface area contributed by atoms with Gasteiger partial charge in [-0.05, 0) is 18.6 Å². The molecule has 0 aliphatic rings. The highest BCUT2D eigenvalue weighted by Crippen LogP contribution is 2.09. The van der Waals surface area contributed by atoms with E-state index >= 15 is 0 Å². The number of benzene rings is 1. The molecule has 2 aromatic rings. The molecule has 2 rings (SSSR count). The Morgan fingerprint density at radius 1 is 1.32 bits per heavy atom. The van der Waals surface area contributed by atoms with Crippen molar-refractivity contribution in [2.75, 3.05) is 5.32 Å². The topological polar surface area (TPSA) is 129 Å². The van der Waals surface area contributed by atoms with Crippen LogP contribution in [0.4, 0.5) is 10.5 Å². The minimum absolute atomic E-state index is 0.212. The maximum absolute atomic E-state index is 11.8. The van der Waals surface area contributed by atoms with Crippen LogP contribution in [0.25, 0.3) is 0 Å². The first-order valence-electron chi connectivity index (χ1n) is 7.74. The maximum atomic E-state index is 11.8. The zero-order valence-electron chi connectivity index (χ0n) is 13.7. The number of carbonyl (C=O) groups is 1. The van der Waals surface area contributed by atoms with Gasteiger partial charge in [-0.3, -0.25) is 14.3 Å². The molecule has 0 saturated carbocycles. The summed E-state index contributed by atoms with van der Waals surface area (Å²) in [5, 5.41) is 16.3. The van der Waals surface area contributed by atoms with E-state index in [1.54, 1.807) is 24.3 Å². The lowest BCUT2D eigenvalue weighted by molar-refractivity contribution is 0.252. The Balaban J connectivity index is 2.11. The summed E-state index contributed by atoms with van der Waals surface area (Å²) in [5.41, 5.74) is 1.06. The third-order valence-electron chi connectivity index (χ3n) is 3.33. The number of aromatic hydroxyl groups is 1. The predicted molar refractivity (Wildman–Crippen MR) is 94.1 cm³/mol. The number of rotatable bonds is 6. The Morgan fingerprint density at radius 3 is 2.72 bits per heavy atom. The van der Waals surface area contributed by atoms with Crippen LogP contribution in [-0.2, 0) is 6.54 Å². The summed E-state index contributed by atoms with van der Waals surface area (Å²) in [6.45, 7) is 2.20. The maximum Gasteiger partial charge on any atom is 0.339 e. The van der Waals surface area contributed by atoms with E-state index in [1.807, 2.05) is 13.0 Å². The van der Waals surface area contributed by atoms with E-state index in [1.165, 1.54) is 0 Å². The van der Waals surface area contributed by atoms with E-state index in [4.69, 9.17) is 0 Å². The number of hydrazone groups is 1. The SMILES string of the molecule is CCCCn1c(O)c(C=NNC(=O)Nc2ccccc2)c(=O)[nH]c1=O. The lowest BCUT2D eigenvalue weighted by Crippen LogP contribution is -2.32. The second kappa shape index (κ2) is 8.48. The van der Waals surface area contributed by atoms with Gasteiger partial charge in [0.1, 0.15) is 5.56 Å². The summed E-state index contributed by atoms with van der Waals surface area (Å²) in [4.78, 5) is 37.3. The zero-order valence-corrected chi connectivity index (χ0v) is 13.7. The summed E-state index contributed by atoms with van der Waals surface area (Å²) in [6.07, 6.45) is 2.46. The monoisotopic (exact) mass is 345 g/mol. The molecule has 0 fully saturated rings. The van der Waals surface area contributed by atoms with Crippen molar-refractivity contribution >= 4 is 17.9 Å². The van der Waals surface area contributed by atoms with E-state index < -0.39 is 23.2 Å². The van der Waals surface area contributed by atoms with Crippen molar-refractivity contribution in [1.82, 2.24) is 15.0 Å². The minimum atomic E-state index is -0.788. The molecule has 0 aliphatic heterocycles. The highest BCUT2D eigenvalue weighted by molar-refractivity contribution is 5.90. The number of aromatic amines is 1. The Hall–Kier alpha value is -3.36. The van der Waals surface area contributed by atoms with Crippen molar-refractivity contribution in [3.8, 4) is 5.88 Å². The number of aromatic nitrogens is 2. The van der Waals surface area contributed by atoms with Crippen LogP contribution in [-0.4, -0.2) is 26.9 Å². The van der Waals surface area contributed by atoms with Crippen LogP contribution < -0.4 is 22.0 Å². The number of amides is 2. The quantitative estimate of drug-likeness (QED) is 0.463. The molecule has 25 heavy (non-hydrogen) atoms. The molecule has 1 heterocycles. The van der Waals surface area contributed by atoms with Gasteiger partial charge in [0.05, 0.1) is 6.21 Å². The molecule has 9 nitrogen and oxygen atoms in total. The first kappa shape index (κ1) is 18.0. The molecule has 4 N–H and O–H groups in total. The van der Waals surface area contributed by atoms with Crippen molar-refractivity contribution in [2.45, 2.75) is 26.3 Å². The molecule has 0 bridgehead atoms. The molecule has 0 aliphatic carbocycles. The van der Waals surface area contributed by atoms with Crippen LogP contribution in [0.1, 0.15) is 25.3 Å². The zero-order chi connectivity index (χ0) is 18.2. The summed E-state index contributed by atoms with van der Waals surface area (Å²) >= 11 is 0. The number of nitrogens with zero attached hydrogens (tertiary/aromatic N) is 2. The number of carbonyl (C=O) groups excluding carboxylic acids is 1. The van der Waals surface area contributed by atoms with Gasteiger partial charge < -0.3 is 10.4 Å². The smallest absolute Gasteiger partial charge is 0.339 e. The van der Waals surface area contributed by atoms with Crippen molar-refractivity contribution < 1.29 is 9.90 Å². The van der Waals surface area contributed by atoms with Crippen molar-refractivity contribution in [1.29, 1.82) is 0 Å². The standard InChI is InChI=1S/C16H19N5O4/c1-2-3-9-21-14(23)12(13(22)19-16(21)25)10-17-20-15(24)18-11-7-5-4-6-8-11/h4-8,10,23H,2-3,9H2,1H3,(H2,18,20,24)(H,19,22,25). The van der Waals surface area contributed by atoms with Crippen LogP contribution in [0.2, 0.25) is 0 Å². The van der Waals surface area contributed by atoms with Gasteiger partial charge in [-0.2, -0.15) is 5.10 Å². The fourth-order valence-electron chi connectivity index (χ4n) is 2.05. The lowest BCUT2D eigenvalue weighted by atomic mass is 10.3. The van der Waals surface area contributed by atoms with E-state index in [0.29, 0.717) is 12.1 Å². The number of hydrogen-bond acceptors (Lipinski definition) is 5. The molecule has 1 aromatic carbocycles. The number of urea groups is 1. The van der Waals surface area contributed by atoms with Gasteiger partial charge in [-0.25, -0.2) is 15.0 Å². The van der Waals surface area contributed by atoms with Crippen molar-refractivity contribution in [2.24, 2.45) is 5.10 Å². The largest absolute Gasteiger partial charge is 0.494 e. The Bertz CT molecular complexity index is 870. The molecule has 0 unspecified atom stereocenters. The van der Waals surface area contributed by atoms with Gasteiger partial charge in [0.2, 0.25) is 5.88 Å². The number of H-pyrrole nitrogens is 1. The van der Waals surface area contributed by atoms with Gasteiger partial charge in [0.25, 0.3) is 5.56 Å². The average molecular weight is 345 g/mol. The molecule has 9 heteroatoms. The average Bonchev–Trinajstić information content (AvgIpc) is 2.58. The fourth-order valence-corrected chi connectivity index (χ4v) is 2.05. The molecule has 2 amide bonds. The summed E-state index contributed by atoms with van der Waals surface area (Å²) < 4.78 is 1.05. The molecule has 1 aromatic heterocycles. The van der Waals surface area contributed by atoms with Gasteiger partial charge in [0.15, 0.2) is 0 Å². The van der Waals surface area contributed by atoms with Crippen LogP contribution >= 0.6 is 0 Å². The summed E-state index contributed by atoms with van der Waals surface area (Å²) in [7, 11) is 0. The van der Waals surface area contributed by atoms with Gasteiger partial charge in [-0.15, -0.1) is 0 Å². The number of hydrogen-bond donors (Lipinski definition) is 4. The molecular weight excluding hydrogens is 326 g/mol. The van der Waals surface area contributed by atoms with E-state index in [9.17, 15) is 19.5 Å². The molecule has 0 atom stereocenters. The number of para-hydroxylation sites is 1. The predicted octanol–water partition coefficient (Wildman–Crippen LogP) is 1.20. The number of unbranched alkanes of at least 4 members (excludes halogenated alkanes) is 1. The number of anilines is 1. The first-order chi connectivity index (χ1) is 12.0. The summed E-state index contributed by atoms with van der Waals surface area (Å²) in [5.74, 6) is -0.490. The molecule has 0 radical (unpaired) electrons. The second-order valence-electron chi connectivity index (χ2n) is 5.19. The lowest BCUT2D eigenvalue weighted by Gasteiger charge is -2.08. The third kappa shape index (κ3) is 4.80. The highest BCUT2D eigenvalue weighted by atomic mass is 16.3. The summed E-state index contributed by atoms with van der Waals surface area (Å²) in [6, 6.07) is 8.11. The minimum Gasteiger partial charge on any atom is -0.494 e. The van der Waals surface area contributed by atoms with E-state index in [2.05, 4.69) is 20.8 Å². The van der Waals surface area contributed by atoms with Crippen LogP contribution in [0.5, 0.6) is 5.88 Å². The molecule has 0 saturated heterocycles. The second-order valence-corrected chi connectivity index (χ2v) is 5.19. The molecule has 0 spiro atoms. The van der Waals surface area contributed by atoms with Crippen LogP contribution in [0.3, 0.4) is 0 Å². The van der Waals surface area contributed by atoms with Gasteiger partial charge >= 0.3 is 11.7 Å². The van der Waals surface area contributed by atoms with Gasteiger partial charge in [-0.1, -0.05) is 31.5 Å². The van der Waals surface area contributed by atoms with Crippen LogP contribution in [0.15, 0.2) is 45.0 Å². The fraction of sp³-hybridized carbons (Fsp3) is 0.250. The third-order valence-corrected chi connectivity index (χ3v) is 3.33. The Kier molecular flexibility index (Phi) is 6.10. The van der Waals surface area contributed by atoms with Gasteiger partial charge in [0, 0.05) is 12.2 Å². The number of nitrogens with one attached hydrogen (secondary N) is 3. The van der Waals surface area contributed by atoms with Crippen LogP contribution in [0, 0.1) is 0 Å². The highest BCUT2D eigenvalue weighted by Gasteiger charge is 2.12. The molecule has 132 valence electrons. The normalized spacial score (nSPS) is 10.8. The first-order valence-corrected chi connectivity index (χ1v) is 7.74. The van der Waals surface area contributed by atoms with E-state index in [-0.39, 0.29) is 12.1 Å². The van der Waals surface area contributed by atoms with Crippen molar-refractivity contribution in [3.05, 3.63) is 56.7 Å².